The maximum atomic E-state index is 11.9. The molecule has 1 aromatic carbocycles. The molecule has 96 valence electrons. The molecule has 0 unspecified atom stereocenters. The van der Waals surface area contributed by atoms with Crippen molar-refractivity contribution in [3.05, 3.63) is 27.7 Å². The van der Waals surface area contributed by atoms with E-state index in [1.807, 2.05) is 0 Å². The molecule has 5 heteroatoms. The minimum absolute atomic E-state index is 0.172. The fourth-order valence-corrected chi connectivity index (χ4v) is 2.47. The third-order valence-corrected chi connectivity index (χ3v) is 3.82. The number of Topliss-reactive ketones (excluding diaryl/α,β-unsaturated/α-hetero) is 1. The Morgan fingerprint density at radius 1 is 1.17 bits per heavy atom. The molecule has 2 rings (SSSR count). The molecule has 0 aliphatic carbocycles. The zero-order valence-corrected chi connectivity index (χ0v) is 11.5. The molecular weight excluding hydrogens is 273 g/mol. The van der Waals surface area contributed by atoms with Crippen molar-refractivity contribution in [2.45, 2.75) is 26.2 Å². The molecule has 1 aliphatic rings. The number of halogens is 2. The number of carbonyl (C=O) groups excluding carboxylic acids is 2. The summed E-state index contributed by atoms with van der Waals surface area (Å²) in [5.41, 5.74) is 0.821. The molecule has 0 saturated carbocycles. The van der Waals surface area contributed by atoms with Crippen LogP contribution >= 0.6 is 23.2 Å². The lowest BCUT2D eigenvalue weighted by Gasteiger charge is -2.16. The van der Waals surface area contributed by atoms with Crippen molar-refractivity contribution in [3.8, 4) is 0 Å². The summed E-state index contributed by atoms with van der Waals surface area (Å²) in [5.74, 6) is -1.07. The summed E-state index contributed by atoms with van der Waals surface area (Å²) in [6, 6.07) is 3.29. The van der Waals surface area contributed by atoms with Crippen LogP contribution in [0.4, 0.5) is 5.69 Å². The van der Waals surface area contributed by atoms with Crippen molar-refractivity contribution in [1.82, 2.24) is 0 Å². The first-order valence-electron chi connectivity index (χ1n) is 5.92. The lowest BCUT2D eigenvalue weighted by Crippen LogP contribution is -2.30. The molecule has 1 aromatic rings. The number of benzene rings is 1. The molecule has 0 fully saturated rings. The Morgan fingerprint density at radius 2 is 1.89 bits per heavy atom. The Labute approximate surface area is 116 Å². The first-order valence-corrected chi connectivity index (χ1v) is 6.67. The number of unbranched alkanes of at least 4 members (excludes halogenated alkanes) is 2. The number of hydrogen-bond acceptors (Lipinski definition) is 2. The van der Waals surface area contributed by atoms with Crippen LogP contribution in [0.15, 0.2) is 12.1 Å². The zero-order chi connectivity index (χ0) is 13.3. The molecule has 0 spiro atoms. The summed E-state index contributed by atoms with van der Waals surface area (Å²) in [6.07, 6.45) is 2.95. The quantitative estimate of drug-likeness (QED) is 0.625. The molecule has 0 N–H and O–H groups in total. The minimum atomic E-state index is -0.561. The van der Waals surface area contributed by atoms with Gasteiger partial charge in [0.1, 0.15) is 0 Å². The first kappa shape index (κ1) is 13.4. The van der Waals surface area contributed by atoms with Gasteiger partial charge in [-0.15, -0.1) is 0 Å². The van der Waals surface area contributed by atoms with E-state index >= 15 is 0 Å². The van der Waals surface area contributed by atoms with Gasteiger partial charge < -0.3 is 4.90 Å². The van der Waals surface area contributed by atoms with E-state index in [2.05, 4.69) is 6.92 Å². The Morgan fingerprint density at radius 3 is 2.56 bits per heavy atom. The van der Waals surface area contributed by atoms with Crippen LogP contribution < -0.4 is 4.90 Å². The van der Waals surface area contributed by atoms with E-state index in [0.29, 0.717) is 17.3 Å². The van der Waals surface area contributed by atoms with Gasteiger partial charge >= 0.3 is 0 Å². The smallest absolute Gasteiger partial charge is 0.299 e. The van der Waals surface area contributed by atoms with E-state index in [4.69, 9.17) is 23.2 Å². The summed E-state index contributed by atoms with van der Waals surface area (Å²) < 4.78 is 0. The van der Waals surface area contributed by atoms with Crippen LogP contribution in [-0.4, -0.2) is 18.2 Å². The molecule has 3 nitrogen and oxygen atoms in total. The third-order valence-electron chi connectivity index (χ3n) is 3.02. The number of rotatable bonds is 4. The van der Waals surface area contributed by atoms with Gasteiger partial charge in [0.25, 0.3) is 11.7 Å². The van der Waals surface area contributed by atoms with Crippen molar-refractivity contribution in [1.29, 1.82) is 0 Å². The van der Waals surface area contributed by atoms with Gasteiger partial charge in [0.05, 0.1) is 21.3 Å². The highest BCUT2D eigenvalue weighted by molar-refractivity contribution is 6.56. The van der Waals surface area contributed by atoms with Crippen LogP contribution in [0.25, 0.3) is 0 Å². The second-order valence-corrected chi connectivity index (χ2v) is 5.03. The molecule has 0 bridgehead atoms. The van der Waals surface area contributed by atoms with Crippen LogP contribution in [0.2, 0.25) is 10.0 Å². The van der Waals surface area contributed by atoms with Crippen LogP contribution in [0, 0.1) is 0 Å². The van der Waals surface area contributed by atoms with Gasteiger partial charge in [0.15, 0.2) is 0 Å². The van der Waals surface area contributed by atoms with Gasteiger partial charge in [-0.05, 0) is 18.6 Å². The fourth-order valence-electron chi connectivity index (χ4n) is 2.06. The van der Waals surface area contributed by atoms with Crippen molar-refractivity contribution in [2.24, 2.45) is 0 Å². The average molecular weight is 286 g/mol. The fraction of sp³-hybridized carbons (Fsp3) is 0.385. The van der Waals surface area contributed by atoms with E-state index in [9.17, 15) is 9.59 Å². The van der Waals surface area contributed by atoms with Crippen molar-refractivity contribution in [3.63, 3.8) is 0 Å². The van der Waals surface area contributed by atoms with Gasteiger partial charge in [0, 0.05) is 6.54 Å². The number of fused-ring (bicyclic) bond motifs is 1. The van der Waals surface area contributed by atoms with Crippen LogP contribution in [0.1, 0.15) is 36.5 Å². The van der Waals surface area contributed by atoms with Crippen molar-refractivity contribution < 1.29 is 9.59 Å². The van der Waals surface area contributed by atoms with Gasteiger partial charge in [0.2, 0.25) is 0 Å². The monoisotopic (exact) mass is 285 g/mol. The normalized spacial score (nSPS) is 14.3. The van der Waals surface area contributed by atoms with Crippen molar-refractivity contribution in [2.75, 3.05) is 11.4 Å². The largest absolute Gasteiger partial charge is 0.305 e. The number of ketones is 1. The maximum absolute atomic E-state index is 11.9. The summed E-state index contributed by atoms with van der Waals surface area (Å²) in [6.45, 7) is 2.63. The highest BCUT2D eigenvalue weighted by Gasteiger charge is 2.37. The summed E-state index contributed by atoms with van der Waals surface area (Å²) >= 11 is 11.9. The molecule has 1 amide bonds. The average Bonchev–Trinajstić information content (AvgIpc) is 2.59. The zero-order valence-electron chi connectivity index (χ0n) is 10.0. The standard InChI is InChI=1S/C13H13Cl2NO2/c1-2-3-4-7-16-9-6-5-8(14)11(15)10(9)12(17)13(16)18/h5-6H,2-4,7H2,1H3. The lowest BCUT2D eigenvalue weighted by molar-refractivity contribution is -0.114. The molecule has 1 aliphatic heterocycles. The summed E-state index contributed by atoms with van der Waals surface area (Å²) in [7, 11) is 0. The molecule has 0 atom stereocenters. The molecule has 0 aromatic heterocycles. The number of amides is 1. The van der Waals surface area contributed by atoms with Crippen LogP contribution in [0.3, 0.4) is 0 Å². The molecule has 0 saturated heterocycles. The number of nitrogens with zero attached hydrogens (tertiary/aromatic N) is 1. The molecular formula is C13H13Cl2NO2. The SMILES string of the molecule is CCCCCN1C(=O)C(=O)c2c1ccc(Cl)c2Cl. The summed E-state index contributed by atoms with van der Waals surface area (Å²) in [4.78, 5) is 25.3. The van der Waals surface area contributed by atoms with E-state index < -0.39 is 11.7 Å². The van der Waals surface area contributed by atoms with E-state index in [-0.39, 0.29) is 10.6 Å². The minimum Gasteiger partial charge on any atom is -0.305 e. The Balaban J connectivity index is 2.35. The third kappa shape index (κ3) is 2.13. The first-order chi connectivity index (χ1) is 8.57. The number of hydrogen-bond donors (Lipinski definition) is 0. The van der Waals surface area contributed by atoms with Gasteiger partial charge in [-0.2, -0.15) is 0 Å². The molecule has 18 heavy (non-hydrogen) atoms. The van der Waals surface area contributed by atoms with E-state index in [1.165, 1.54) is 4.90 Å². The summed E-state index contributed by atoms with van der Waals surface area (Å²) in [5, 5.41) is 0.470. The Bertz CT molecular complexity index is 514. The Kier molecular flexibility index (Phi) is 3.93. The second kappa shape index (κ2) is 5.29. The van der Waals surface area contributed by atoms with Gasteiger partial charge in [-0.3, -0.25) is 9.59 Å². The Hall–Kier alpha value is -1.06. The van der Waals surface area contributed by atoms with Crippen molar-refractivity contribution >= 4 is 40.6 Å². The number of anilines is 1. The molecule has 1 heterocycles. The van der Waals surface area contributed by atoms with E-state index in [1.54, 1.807) is 12.1 Å². The van der Waals surface area contributed by atoms with Gasteiger partial charge in [-0.1, -0.05) is 43.0 Å². The topological polar surface area (TPSA) is 37.4 Å². The lowest BCUT2D eigenvalue weighted by atomic mass is 10.1. The van der Waals surface area contributed by atoms with Gasteiger partial charge in [-0.25, -0.2) is 0 Å². The maximum Gasteiger partial charge on any atom is 0.299 e. The highest BCUT2D eigenvalue weighted by atomic mass is 35.5. The van der Waals surface area contributed by atoms with Crippen LogP contribution in [-0.2, 0) is 4.79 Å². The second-order valence-electron chi connectivity index (χ2n) is 4.25. The predicted molar refractivity (Wildman–Crippen MR) is 72.7 cm³/mol. The van der Waals surface area contributed by atoms with E-state index in [0.717, 1.165) is 19.3 Å². The highest BCUT2D eigenvalue weighted by Crippen LogP contribution is 2.38. The number of carbonyl (C=O) groups is 2. The van der Waals surface area contributed by atoms with Crippen LogP contribution in [0.5, 0.6) is 0 Å². The predicted octanol–water partition coefficient (Wildman–Crippen LogP) is 3.71. The molecule has 0 radical (unpaired) electrons.